The molecule has 1 aromatic rings. The quantitative estimate of drug-likeness (QED) is 0.828. The third-order valence-electron chi connectivity index (χ3n) is 1.67. The largest absolute Gasteiger partial charge is 0.350 e. The lowest BCUT2D eigenvalue weighted by Gasteiger charge is -2.08. The van der Waals surface area contributed by atoms with Gasteiger partial charge in [-0.2, -0.15) is 0 Å². The van der Waals surface area contributed by atoms with Gasteiger partial charge in [-0.1, -0.05) is 0 Å². The minimum absolute atomic E-state index is 0.0515. The predicted molar refractivity (Wildman–Crippen MR) is 56.7 cm³/mol. The molecule has 0 aromatic heterocycles. The van der Waals surface area contributed by atoms with Crippen LogP contribution in [0.4, 0.5) is 8.78 Å². The molecule has 1 amide bonds. The molecule has 2 nitrogen and oxygen atoms in total. The Morgan fingerprint density at radius 2 is 2.00 bits per heavy atom. The highest BCUT2D eigenvalue weighted by atomic mass is 79.9. The molecule has 1 N–H and O–H groups in total. The van der Waals surface area contributed by atoms with E-state index in [0.717, 1.165) is 6.07 Å². The van der Waals surface area contributed by atoms with E-state index in [0.29, 0.717) is 0 Å². The average molecular weight is 278 g/mol. The topological polar surface area (TPSA) is 29.1 Å². The molecule has 0 bridgehead atoms. The Kier molecular flexibility index (Phi) is 3.79. The van der Waals surface area contributed by atoms with Gasteiger partial charge in [-0.3, -0.25) is 4.79 Å². The van der Waals surface area contributed by atoms with E-state index in [1.54, 1.807) is 13.8 Å². The van der Waals surface area contributed by atoms with Gasteiger partial charge >= 0.3 is 0 Å². The lowest BCUT2D eigenvalue weighted by Crippen LogP contribution is -2.30. The second-order valence-corrected chi connectivity index (χ2v) is 4.24. The van der Waals surface area contributed by atoms with Crippen LogP contribution in [0.5, 0.6) is 0 Å². The molecule has 0 aliphatic rings. The summed E-state index contributed by atoms with van der Waals surface area (Å²) in [6.07, 6.45) is 0. The van der Waals surface area contributed by atoms with Crippen LogP contribution in [-0.2, 0) is 0 Å². The summed E-state index contributed by atoms with van der Waals surface area (Å²) in [6, 6.07) is 2.07. The maximum Gasteiger partial charge on any atom is 0.251 e. The number of amides is 1. The van der Waals surface area contributed by atoms with Crippen LogP contribution in [0.3, 0.4) is 0 Å². The van der Waals surface area contributed by atoms with Crippen LogP contribution < -0.4 is 5.32 Å². The van der Waals surface area contributed by atoms with Gasteiger partial charge in [-0.05, 0) is 41.9 Å². The third kappa shape index (κ3) is 2.99. The van der Waals surface area contributed by atoms with Crippen LogP contribution >= 0.6 is 15.9 Å². The van der Waals surface area contributed by atoms with Crippen molar-refractivity contribution in [3.05, 3.63) is 33.8 Å². The summed E-state index contributed by atoms with van der Waals surface area (Å²) in [6.45, 7) is 3.57. The molecule has 0 spiro atoms. The van der Waals surface area contributed by atoms with E-state index in [9.17, 15) is 13.6 Å². The predicted octanol–water partition coefficient (Wildman–Crippen LogP) is 2.87. The number of nitrogens with one attached hydrogen (secondary N) is 1. The first kappa shape index (κ1) is 12.1. The fourth-order valence-corrected chi connectivity index (χ4v) is 1.47. The minimum Gasteiger partial charge on any atom is -0.350 e. The number of hydrogen-bond donors (Lipinski definition) is 1. The van der Waals surface area contributed by atoms with Gasteiger partial charge in [0.2, 0.25) is 0 Å². The van der Waals surface area contributed by atoms with Crippen molar-refractivity contribution in [2.24, 2.45) is 0 Å². The first-order chi connectivity index (χ1) is 6.91. The van der Waals surface area contributed by atoms with Gasteiger partial charge in [-0.25, -0.2) is 8.78 Å². The summed E-state index contributed by atoms with van der Waals surface area (Å²) in [5.74, 6) is -2.46. The second kappa shape index (κ2) is 4.70. The summed E-state index contributed by atoms with van der Waals surface area (Å²) < 4.78 is 25.8. The summed E-state index contributed by atoms with van der Waals surface area (Å²) in [7, 11) is 0. The molecule has 0 unspecified atom stereocenters. The Labute approximate surface area is 94.8 Å². The number of carbonyl (C=O) groups is 1. The van der Waals surface area contributed by atoms with E-state index in [-0.39, 0.29) is 16.1 Å². The van der Waals surface area contributed by atoms with Gasteiger partial charge in [0.25, 0.3) is 5.91 Å². The highest BCUT2D eigenvalue weighted by molar-refractivity contribution is 9.10. The van der Waals surface area contributed by atoms with Gasteiger partial charge in [0.1, 0.15) is 0 Å². The second-order valence-electron chi connectivity index (χ2n) is 3.38. The Bertz CT molecular complexity index is 370. The van der Waals surface area contributed by atoms with Gasteiger partial charge in [0.05, 0.1) is 4.47 Å². The van der Waals surface area contributed by atoms with E-state index in [2.05, 4.69) is 21.2 Å². The lowest BCUT2D eigenvalue weighted by atomic mass is 10.2. The maximum absolute atomic E-state index is 13.0. The maximum atomic E-state index is 13.0. The van der Waals surface area contributed by atoms with Crippen LogP contribution in [0.2, 0.25) is 0 Å². The molecule has 0 saturated heterocycles. The molecule has 15 heavy (non-hydrogen) atoms. The molecule has 0 heterocycles. The van der Waals surface area contributed by atoms with E-state index in [4.69, 9.17) is 0 Å². The number of hydrogen-bond acceptors (Lipinski definition) is 1. The summed E-state index contributed by atoms with van der Waals surface area (Å²) in [5, 5.41) is 2.58. The van der Waals surface area contributed by atoms with Crippen molar-refractivity contribution in [1.29, 1.82) is 0 Å². The number of rotatable bonds is 2. The SMILES string of the molecule is CC(C)NC(=O)c1cc(F)c(F)c(Br)c1. The van der Waals surface area contributed by atoms with Crippen molar-refractivity contribution in [3.8, 4) is 0 Å². The Morgan fingerprint density at radius 1 is 1.40 bits per heavy atom. The van der Waals surface area contributed by atoms with Crippen molar-refractivity contribution in [2.75, 3.05) is 0 Å². The zero-order valence-corrected chi connectivity index (χ0v) is 9.86. The average Bonchev–Trinajstić information content (AvgIpc) is 2.12. The summed E-state index contributed by atoms with van der Waals surface area (Å²) in [5.41, 5.74) is 0.0921. The highest BCUT2D eigenvalue weighted by Crippen LogP contribution is 2.20. The fourth-order valence-electron chi connectivity index (χ4n) is 1.03. The van der Waals surface area contributed by atoms with Gasteiger partial charge in [0, 0.05) is 11.6 Å². The molecule has 0 fully saturated rings. The minimum atomic E-state index is -1.04. The Balaban J connectivity index is 3.01. The van der Waals surface area contributed by atoms with Crippen LogP contribution in [0.15, 0.2) is 16.6 Å². The van der Waals surface area contributed by atoms with E-state index >= 15 is 0 Å². The first-order valence-corrected chi connectivity index (χ1v) is 5.16. The Morgan fingerprint density at radius 3 is 2.47 bits per heavy atom. The van der Waals surface area contributed by atoms with Crippen LogP contribution in [-0.4, -0.2) is 11.9 Å². The standard InChI is InChI=1S/C10H10BrF2NO/c1-5(2)14-10(15)6-3-7(11)9(13)8(12)4-6/h3-5H,1-2H3,(H,14,15). The molecule has 1 rings (SSSR count). The van der Waals surface area contributed by atoms with E-state index in [1.165, 1.54) is 6.07 Å². The molecule has 0 radical (unpaired) electrons. The van der Waals surface area contributed by atoms with Crippen LogP contribution in [0.25, 0.3) is 0 Å². The molecule has 0 aliphatic carbocycles. The molecule has 5 heteroatoms. The third-order valence-corrected chi connectivity index (χ3v) is 2.24. The molecular weight excluding hydrogens is 268 g/mol. The van der Waals surface area contributed by atoms with Crippen LogP contribution in [0, 0.1) is 11.6 Å². The van der Waals surface area contributed by atoms with Gasteiger partial charge in [-0.15, -0.1) is 0 Å². The highest BCUT2D eigenvalue weighted by Gasteiger charge is 2.13. The normalized spacial score (nSPS) is 10.5. The van der Waals surface area contributed by atoms with Crippen molar-refractivity contribution in [3.63, 3.8) is 0 Å². The first-order valence-electron chi connectivity index (χ1n) is 4.37. The van der Waals surface area contributed by atoms with Crippen LogP contribution in [0.1, 0.15) is 24.2 Å². The molecule has 0 saturated carbocycles. The van der Waals surface area contributed by atoms with Gasteiger partial charge in [0.15, 0.2) is 11.6 Å². The van der Waals surface area contributed by atoms with Crippen molar-refractivity contribution in [2.45, 2.75) is 19.9 Å². The molecule has 1 aromatic carbocycles. The fraction of sp³-hybridized carbons (Fsp3) is 0.300. The van der Waals surface area contributed by atoms with Crippen molar-refractivity contribution >= 4 is 21.8 Å². The van der Waals surface area contributed by atoms with E-state index < -0.39 is 17.5 Å². The smallest absolute Gasteiger partial charge is 0.251 e. The summed E-state index contributed by atoms with van der Waals surface area (Å²) >= 11 is 2.84. The molecule has 0 aliphatic heterocycles. The summed E-state index contributed by atoms with van der Waals surface area (Å²) in [4.78, 5) is 11.4. The lowest BCUT2D eigenvalue weighted by molar-refractivity contribution is 0.0942. The monoisotopic (exact) mass is 277 g/mol. The Hall–Kier alpha value is -0.970. The van der Waals surface area contributed by atoms with Gasteiger partial charge < -0.3 is 5.32 Å². The van der Waals surface area contributed by atoms with Crippen molar-refractivity contribution in [1.82, 2.24) is 5.32 Å². The molecule has 82 valence electrons. The zero-order chi connectivity index (χ0) is 11.6. The number of halogens is 3. The molecular formula is C10H10BrF2NO. The van der Waals surface area contributed by atoms with E-state index in [1.807, 2.05) is 0 Å². The number of benzene rings is 1. The van der Waals surface area contributed by atoms with Crippen molar-refractivity contribution < 1.29 is 13.6 Å². The molecule has 0 atom stereocenters. The number of carbonyl (C=O) groups excluding carboxylic acids is 1. The zero-order valence-electron chi connectivity index (χ0n) is 8.27.